The van der Waals surface area contributed by atoms with Crippen LogP contribution in [0.25, 0.3) is 33.3 Å². The molecule has 202 valence electrons. The molecular weight excluding hydrogens is 506 g/mol. The number of anilines is 1. The number of pyridine rings is 2. The number of carbonyl (C=O) groups excluding carboxylic acids is 1. The minimum absolute atomic E-state index is 0.161. The molecule has 0 aliphatic rings. The fourth-order valence-electron chi connectivity index (χ4n) is 4.58. The van der Waals surface area contributed by atoms with Gasteiger partial charge >= 0.3 is 6.09 Å². The molecule has 5 rings (SSSR count). The van der Waals surface area contributed by atoms with Gasteiger partial charge in [-0.15, -0.1) is 0 Å². The largest absolute Gasteiger partial charge is 0.465 e. The lowest BCUT2D eigenvalue weighted by atomic mass is 10.1. The summed E-state index contributed by atoms with van der Waals surface area (Å²) in [7, 11) is 0. The molecule has 3 heterocycles. The van der Waals surface area contributed by atoms with Crippen LogP contribution < -0.4 is 11.1 Å². The maximum atomic E-state index is 11.8. The number of benzene rings is 2. The van der Waals surface area contributed by atoms with Crippen molar-refractivity contribution in [3.05, 3.63) is 96.3 Å². The highest BCUT2D eigenvalue weighted by Crippen LogP contribution is 2.33. The van der Waals surface area contributed by atoms with E-state index in [1.807, 2.05) is 60.7 Å². The highest BCUT2D eigenvalue weighted by Gasteiger charge is 2.19. The number of carboxylic acid groups (broad SMARTS) is 1. The SMILES string of the molecule is C=C(C)C(=O)NCCN(Cc1ccc(Cn2c(-c3cccnc3)nc3c(N)nc4ccccc4c32)cc1)C(=O)O. The third-order valence-electron chi connectivity index (χ3n) is 6.59. The zero-order valence-corrected chi connectivity index (χ0v) is 22.0. The summed E-state index contributed by atoms with van der Waals surface area (Å²) in [6.07, 6.45) is 2.43. The van der Waals surface area contributed by atoms with Crippen molar-refractivity contribution in [1.82, 2.24) is 29.7 Å². The van der Waals surface area contributed by atoms with Crippen molar-refractivity contribution in [2.45, 2.75) is 20.0 Å². The van der Waals surface area contributed by atoms with E-state index in [0.29, 0.717) is 23.5 Å². The minimum Gasteiger partial charge on any atom is -0.465 e. The number of hydrogen-bond donors (Lipinski definition) is 3. The number of fused-ring (bicyclic) bond motifs is 3. The van der Waals surface area contributed by atoms with Gasteiger partial charge in [-0.1, -0.05) is 49.0 Å². The van der Waals surface area contributed by atoms with Gasteiger partial charge in [-0.05, 0) is 36.2 Å². The Morgan fingerprint density at radius 3 is 2.50 bits per heavy atom. The van der Waals surface area contributed by atoms with E-state index in [1.165, 1.54) is 4.90 Å². The van der Waals surface area contributed by atoms with E-state index < -0.39 is 6.09 Å². The first-order valence-corrected chi connectivity index (χ1v) is 12.8. The Bertz CT molecular complexity index is 1710. The number of nitrogens with two attached hydrogens (primary N) is 1. The van der Waals surface area contributed by atoms with E-state index in [1.54, 1.807) is 19.3 Å². The molecule has 10 heteroatoms. The molecule has 0 fully saturated rings. The van der Waals surface area contributed by atoms with Gasteiger partial charge in [0.2, 0.25) is 5.91 Å². The number of nitrogen functional groups attached to an aromatic ring is 1. The molecule has 0 radical (unpaired) electrons. The number of hydrogen-bond acceptors (Lipinski definition) is 6. The molecule has 0 bridgehead atoms. The van der Waals surface area contributed by atoms with Crippen LogP contribution in [0.3, 0.4) is 0 Å². The average molecular weight is 536 g/mol. The zero-order chi connectivity index (χ0) is 28.2. The highest BCUT2D eigenvalue weighted by molar-refractivity contribution is 6.07. The Hall–Kier alpha value is -5.25. The Kier molecular flexibility index (Phi) is 7.41. The quantitative estimate of drug-likeness (QED) is 0.237. The van der Waals surface area contributed by atoms with Gasteiger partial charge in [0.25, 0.3) is 0 Å². The third-order valence-corrected chi connectivity index (χ3v) is 6.59. The summed E-state index contributed by atoms with van der Waals surface area (Å²) < 4.78 is 2.12. The van der Waals surface area contributed by atoms with Crippen molar-refractivity contribution >= 4 is 39.8 Å². The van der Waals surface area contributed by atoms with E-state index >= 15 is 0 Å². The average Bonchev–Trinajstić information content (AvgIpc) is 3.33. The fourth-order valence-corrected chi connectivity index (χ4v) is 4.58. The molecule has 0 saturated carbocycles. The Labute approximate surface area is 230 Å². The zero-order valence-electron chi connectivity index (χ0n) is 22.0. The second kappa shape index (κ2) is 11.2. The number of aromatic nitrogens is 4. The molecule has 2 aromatic carbocycles. The lowest BCUT2D eigenvalue weighted by Crippen LogP contribution is -2.37. The topological polar surface area (TPSA) is 139 Å². The molecule has 10 nitrogen and oxygen atoms in total. The summed E-state index contributed by atoms with van der Waals surface area (Å²) in [5, 5.41) is 13.3. The Balaban J connectivity index is 1.44. The minimum atomic E-state index is -1.06. The molecule has 0 aliphatic heterocycles. The number of imidazole rings is 1. The first-order valence-electron chi connectivity index (χ1n) is 12.8. The van der Waals surface area contributed by atoms with Crippen LogP contribution in [0.4, 0.5) is 10.6 Å². The van der Waals surface area contributed by atoms with Crippen LogP contribution in [0, 0.1) is 0 Å². The molecule has 2 amide bonds. The second-order valence-electron chi connectivity index (χ2n) is 9.53. The summed E-state index contributed by atoms with van der Waals surface area (Å²) in [6.45, 7) is 6.25. The third kappa shape index (κ3) is 5.46. The molecule has 0 unspecified atom stereocenters. The number of para-hydroxylation sites is 1. The first kappa shape index (κ1) is 26.4. The molecule has 0 atom stereocenters. The number of nitrogens with one attached hydrogen (secondary N) is 1. The summed E-state index contributed by atoms with van der Waals surface area (Å²) in [5.41, 5.74) is 11.7. The van der Waals surface area contributed by atoms with Crippen LogP contribution in [0.5, 0.6) is 0 Å². The maximum Gasteiger partial charge on any atom is 0.407 e. The van der Waals surface area contributed by atoms with Gasteiger partial charge in [-0.2, -0.15) is 0 Å². The van der Waals surface area contributed by atoms with Gasteiger partial charge in [-0.25, -0.2) is 14.8 Å². The van der Waals surface area contributed by atoms with Crippen LogP contribution in [-0.4, -0.2) is 54.6 Å². The lowest BCUT2D eigenvalue weighted by Gasteiger charge is -2.20. The van der Waals surface area contributed by atoms with Gasteiger partial charge in [-0.3, -0.25) is 9.78 Å². The number of nitrogens with zero attached hydrogens (tertiary/aromatic N) is 5. The molecule has 4 N–H and O–H groups in total. The highest BCUT2D eigenvalue weighted by atomic mass is 16.4. The van der Waals surface area contributed by atoms with E-state index in [4.69, 9.17) is 10.7 Å². The molecule has 5 aromatic rings. The predicted molar refractivity (Wildman–Crippen MR) is 154 cm³/mol. The molecule has 0 aliphatic carbocycles. The summed E-state index contributed by atoms with van der Waals surface area (Å²) in [6, 6.07) is 19.4. The van der Waals surface area contributed by atoms with E-state index in [-0.39, 0.29) is 25.5 Å². The second-order valence-corrected chi connectivity index (χ2v) is 9.53. The lowest BCUT2D eigenvalue weighted by molar-refractivity contribution is -0.117. The van der Waals surface area contributed by atoms with Crippen molar-refractivity contribution in [1.29, 1.82) is 0 Å². The van der Waals surface area contributed by atoms with Crippen LogP contribution >= 0.6 is 0 Å². The Morgan fingerprint density at radius 2 is 1.80 bits per heavy atom. The molecule has 3 aromatic heterocycles. The van der Waals surface area contributed by atoms with Gasteiger partial charge in [0.1, 0.15) is 11.3 Å². The van der Waals surface area contributed by atoms with Crippen molar-refractivity contribution < 1.29 is 14.7 Å². The van der Waals surface area contributed by atoms with Crippen LogP contribution in [0.1, 0.15) is 18.1 Å². The van der Waals surface area contributed by atoms with Crippen LogP contribution in [0.2, 0.25) is 0 Å². The van der Waals surface area contributed by atoms with E-state index in [9.17, 15) is 14.7 Å². The summed E-state index contributed by atoms with van der Waals surface area (Å²) >= 11 is 0. The Morgan fingerprint density at radius 1 is 1.05 bits per heavy atom. The van der Waals surface area contributed by atoms with Crippen molar-refractivity contribution in [3.8, 4) is 11.4 Å². The van der Waals surface area contributed by atoms with Crippen molar-refractivity contribution in [3.63, 3.8) is 0 Å². The number of carbonyl (C=O) groups is 2. The van der Waals surface area contributed by atoms with Crippen molar-refractivity contribution in [2.24, 2.45) is 0 Å². The van der Waals surface area contributed by atoms with Crippen LogP contribution in [0.15, 0.2) is 85.2 Å². The van der Waals surface area contributed by atoms with Gasteiger partial charge < -0.3 is 25.6 Å². The van der Waals surface area contributed by atoms with Crippen LogP contribution in [-0.2, 0) is 17.9 Å². The van der Waals surface area contributed by atoms with Gasteiger partial charge in [0, 0.05) is 55.1 Å². The standard InChI is InChI=1S/C30H29N7O3/c1-19(2)29(38)33-14-15-36(30(39)40)17-20-9-11-21(12-10-20)18-37-26-23-7-3-4-8-24(23)34-27(31)25(26)35-28(37)22-6-5-13-32-16-22/h3-13,16H,1,14-15,17-18H2,2H3,(H2,31,34)(H,33,38)(H,39,40). The van der Waals surface area contributed by atoms with Gasteiger partial charge in [0.05, 0.1) is 11.0 Å². The molecule has 40 heavy (non-hydrogen) atoms. The van der Waals surface area contributed by atoms with Crippen molar-refractivity contribution in [2.75, 3.05) is 18.8 Å². The monoisotopic (exact) mass is 535 g/mol. The summed E-state index contributed by atoms with van der Waals surface area (Å²) in [4.78, 5) is 38.5. The number of rotatable bonds is 9. The number of amides is 2. The predicted octanol–water partition coefficient (Wildman–Crippen LogP) is 4.45. The van der Waals surface area contributed by atoms with Gasteiger partial charge in [0.15, 0.2) is 5.82 Å². The van der Waals surface area contributed by atoms with E-state index in [0.717, 1.165) is 38.9 Å². The summed E-state index contributed by atoms with van der Waals surface area (Å²) in [5.74, 6) is 0.796. The molecule has 0 saturated heterocycles. The van der Waals surface area contributed by atoms with E-state index in [2.05, 4.69) is 26.4 Å². The first-order chi connectivity index (χ1) is 19.3. The molecule has 0 spiro atoms. The maximum absolute atomic E-state index is 11.8. The smallest absolute Gasteiger partial charge is 0.407 e. The normalized spacial score (nSPS) is 11.0. The fraction of sp³-hybridized carbons (Fsp3) is 0.167. The molecular formula is C30H29N7O3.